The molecule has 3 rings (SSSR count). The predicted octanol–water partition coefficient (Wildman–Crippen LogP) is 1.93. The van der Waals surface area contributed by atoms with E-state index in [1.807, 2.05) is 0 Å². The van der Waals surface area contributed by atoms with Crippen LogP contribution in [0.3, 0.4) is 0 Å². The van der Waals surface area contributed by atoms with Gasteiger partial charge in [0.05, 0.1) is 32.8 Å². The first kappa shape index (κ1) is 18.2. The van der Waals surface area contributed by atoms with Gasteiger partial charge in [0.25, 0.3) is 5.56 Å². The van der Waals surface area contributed by atoms with E-state index in [9.17, 15) is 10.1 Å². The van der Waals surface area contributed by atoms with Crippen molar-refractivity contribution in [1.29, 1.82) is 5.26 Å². The number of methoxy groups -OCH3 is 3. The number of nitrogens with two attached hydrogens (primary N) is 1. The number of H-pyrrole nitrogens is 1. The van der Waals surface area contributed by atoms with Gasteiger partial charge in [-0.2, -0.15) is 5.26 Å². The van der Waals surface area contributed by atoms with Crippen molar-refractivity contribution >= 4 is 0 Å². The van der Waals surface area contributed by atoms with Gasteiger partial charge in [-0.15, -0.1) is 0 Å². The van der Waals surface area contributed by atoms with Crippen molar-refractivity contribution in [2.45, 2.75) is 12.8 Å². The summed E-state index contributed by atoms with van der Waals surface area (Å²) in [5, 5.41) is 9.68. The lowest BCUT2D eigenvalue weighted by Gasteiger charge is -2.27. The number of ether oxygens (including phenoxy) is 4. The van der Waals surface area contributed by atoms with E-state index in [0.717, 1.165) is 0 Å². The molecule has 2 aromatic rings. The van der Waals surface area contributed by atoms with Gasteiger partial charge in [0.1, 0.15) is 17.4 Å². The summed E-state index contributed by atoms with van der Waals surface area (Å²) in [6.45, 7) is 1.73. The lowest BCUT2D eigenvalue weighted by atomic mass is 9.83. The molecule has 8 nitrogen and oxygen atoms in total. The average molecular weight is 369 g/mol. The molecule has 0 radical (unpaired) electrons. The van der Waals surface area contributed by atoms with Crippen LogP contribution in [0.15, 0.2) is 34.4 Å². The molecule has 27 heavy (non-hydrogen) atoms. The molecule has 2 heterocycles. The molecule has 0 aliphatic carbocycles. The Morgan fingerprint density at radius 1 is 1.19 bits per heavy atom. The fourth-order valence-corrected chi connectivity index (χ4v) is 3.27. The third-order valence-electron chi connectivity index (χ3n) is 4.40. The van der Waals surface area contributed by atoms with Gasteiger partial charge in [-0.3, -0.25) is 4.79 Å². The summed E-state index contributed by atoms with van der Waals surface area (Å²) >= 11 is 0. The fraction of sp³-hybridized carbons (Fsp3) is 0.263. The zero-order chi connectivity index (χ0) is 19.7. The molecule has 3 N–H and O–H groups in total. The lowest BCUT2D eigenvalue weighted by Crippen LogP contribution is -2.28. The van der Waals surface area contributed by atoms with Gasteiger partial charge in [0.15, 0.2) is 11.5 Å². The molecule has 1 aliphatic rings. The molecule has 0 saturated carbocycles. The summed E-state index contributed by atoms with van der Waals surface area (Å²) in [6, 6.07) is 7.11. The standard InChI is InChI=1S/C19H19N3O5/c1-9-7-13-15(19(23)22-9)14(11(8-20)18(21)27-13)10-5-6-12(24-2)17(26-4)16(10)25-3/h5-7,14H,21H2,1-4H3,(H,22,23)/t14-/m1/s1. The highest BCUT2D eigenvalue weighted by Gasteiger charge is 2.36. The Hall–Kier alpha value is -3.60. The zero-order valence-corrected chi connectivity index (χ0v) is 15.4. The number of allylic oxidation sites excluding steroid dienone is 1. The summed E-state index contributed by atoms with van der Waals surface area (Å²) in [5.41, 5.74) is 7.15. The fourth-order valence-electron chi connectivity index (χ4n) is 3.27. The Kier molecular flexibility index (Phi) is 4.69. The number of benzene rings is 1. The van der Waals surface area contributed by atoms with Crippen LogP contribution in [0.2, 0.25) is 0 Å². The van der Waals surface area contributed by atoms with E-state index >= 15 is 0 Å². The average Bonchev–Trinajstić information content (AvgIpc) is 2.65. The quantitative estimate of drug-likeness (QED) is 0.845. The summed E-state index contributed by atoms with van der Waals surface area (Å²) in [6.07, 6.45) is 0. The summed E-state index contributed by atoms with van der Waals surface area (Å²) in [7, 11) is 4.46. The molecule has 0 unspecified atom stereocenters. The molecule has 1 aromatic carbocycles. The molecular weight excluding hydrogens is 350 g/mol. The second kappa shape index (κ2) is 6.96. The molecule has 0 amide bonds. The second-order valence-electron chi connectivity index (χ2n) is 5.91. The van der Waals surface area contributed by atoms with E-state index in [1.54, 1.807) is 25.1 Å². The minimum atomic E-state index is -0.780. The van der Waals surface area contributed by atoms with Gasteiger partial charge >= 0.3 is 0 Å². The summed E-state index contributed by atoms with van der Waals surface area (Å²) in [5.74, 6) is 0.614. The second-order valence-corrected chi connectivity index (χ2v) is 5.91. The molecule has 1 aromatic heterocycles. The Morgan fingerprint density at radius 2 is 1.89 bits per heavy atom. The zero-order valence-electron chi connectivity index (χ0n) is 15.4. The topological polar surface area (TPSA) is 120 Å². The molecule has 1 atom stereocenters. The maximum Gasteiger partial charge on any atom is 0.256 e. The number of aryl methyl sites for hydroxylation is 1. The first-order valence-corrected chi connectivity index (χ1v) is 8.07. The number of nitriles is 1. The van der Waals surface area contributed by atoms with Crippen molar-refractivity contribution in [2.75, 3.05) is 21.3 Å². The van der Waals surface area contributed by atoms with E-state index in [0.29, 0.717) is 34.3 Å². The van der Waals surface area contributed by atoms with Crippen LogP contribution in [-0.2, 0) is 0 Å². The number of hydrogen-bond donors (Lipinski definition) is 2. The predicted molar refractivity (Wildman–Crippen MR) is 97.2 cm³/mol. The molecule has 0 fully saturated rings. The van der Waals surface area contributed by atoms with E-state index < -0.39 is 5.92 Å². The van der Waals surface area contributed by atoms with E-state index in [2.05, 4.69) is 11.1 Å². The van der Waals surface area contributed by atoms with Crippen LogP contribution in [0.5, 0.6) is 23.0 Å². The Bertz CT molecular complexity index is 1030. The van der Waals surface area contributed by atoms with Gasteiger partial charge in [-0.25, -0.2) is 0 Å². The maximum atomic E-state index is 12.7. The summed E-state index contributed by atoms with van der Waals surface area (Å²) < 4.78 is 21.8. The van der Waals surface area contributed by atoms with Gasteiger partial charge in [-0.05, 0) is 13.0 Å². The smallest absolute Gasteiger partial charge is 0.256 e. The molecule has 0 bridgehead atoms. The van der Waals surface area contributed by atoms with Gasteiger partial charge in [0.2, 0.25) is 11.6 Å². The molecule has 140 valence electrons. The van der Waals surface area contributed by atoms with Crippen molar-refractivity contribution in [2.24, 2.45) is 5.73 Å². The summed E-state index contributed by atoms with van der Waals surface area (Å²) in [4.78, 5) is 15.4. The third kappa shape index (κ3) is 2.83. The Morgan fingerprint density at radius 3 is 2.48 bits per heavy atom. The Balaban J connectivity index is 2.37. The van der Waals surface area contributed by atoms with Crippen molar-refractivity contribution < 1.29 is 18.9 Å². The van der Waals surface area contributed by atoms with Gasteiger partial charge in [0, 0.05) is 17.3 Å². The lowest BCUT2D eigenvalue weighted by molar-refractivity contribution is 0.321. The minimum absolute atomic E-state index is 0.0585. The molecule has 0 saturated heterocycles. The number of rotatable bonds is 4. The third-order valence-corrected chi connectivity index (χ3v) is 4.40. The highest BCUT2D eigenvalue weighted by Crippen LogP contribution is 2.48. The van der Waals surface area contributed by atoms with Crippen LogP contribution in [0, 0.1) is 18.3 Å². The largest absolute Gasteiger partial charge is 0.493 e. The monoisotopic (exact) mass is 369 g/mol. The first-order valence-electron chi connectivity index (χ1n) is 8.07. The minimum Gasteiger partial charge on any atom is -0.493 e. The number of nitrogens with one attached hydrogen (secondary N) is 1. The van der Waals surface area contributed by atoms with Crippen molar-refractivity contribution in [3.8, 4) is 29.1 Å². The van der Waals surface area contributed by atoms with Crippen LogP contribution >= 0.6 is 0 Å². The van der Waals surface area contributed by atoms with Crippen molar-refractivity contribution in [3.05, 3.63) is 56.8 Å². The van der Waals surface area contributed by atoms with Crippen LogP contribution in [-0.4, -0.2) is 26.3 Å². The SMILES string of the molecule is COc1ccc([C@@H]2C(C#N)=C(N)Oc3cc(C)[nH]c(=O)c32)c(OC)c1OC. The van der Waals surface area contributed by atoms with E-state index in [4.69, 9.17) is 24.7 Å². The molecular formula is C19H19N3O5. The van der Waals surface area contributed by atoms with Crippen molar-refractivity contribution in [3.63, 3.8) is 0 Å². The molecule has 0 spiro atoms. The van der Waals surface area contributed by atoms with Gasteiger partial charge < -0.3 is 29.7 Å². The van der Waals surface area contributed by atoms with Crippen molar-refractivity contribution in [1.82, 2.24) is 4.98 Å². The Labute approximate surface area is 155 Å². The van der Waals surface area contributed by atoms with E-state index in [1.165, 1.54) is 21.3 Å². The number of pyridine rings is 1. The van der Waals surface area contributed by atoms with Crippen LogP contribution in [0.1, 0.15) is 22.7 Å². The number of hydrogen-bond acceptors (Lipinski definition) is 7. The van der Waals surface area contributed by atoms with Crippen LogP contribution in [0.4, 0.5) is 0 Å². The maximum absolute atomic E-state index is 12.7. The number of aromatic amines is 1. The van der Waals surface area contributed by atoms with E-state index in [-0.39, 0.29) is 22.6 Å². The van der Waals surface area contributed by atoms with Crippen LogP contribution in [0.25, 0.3) is 0 Å². The van der Waals surface area contributed by atoms with Crippen LogP contribution < -0.4 is 30.2 Å². The number of aromatic nitrogens is 1. The first-order chi connectivity index (χ1) is 13.0. The number of nitrogens with zero attached hydrogens (tertiary/aromatic N) is 1. The molecule has 8 heteroatoms. The molecule has 1 aliphatic heterocycles. The highest BCUT2D eigenvalue weighted by molar-refractivity contribution is 5.63. The normalized spacial score (nSPS) is 15.4. The highest BCUT2D eigenvalue weighted by atomic mass is 16.5. The van der Waals surface area contributed by atoms with Gasteiger partial charge in [-0.1, -0.05) is 6.07 Å². The number of fused-ring (bicyclic) bond motifs is 1.